The van der Waals surface area contributed by atoms with Crippen molar-refractivity contribution in [2.45, 2.75) is 25.0 Å². The maximum Gasteiger partial charge on any atom is 0.243 e. The molecular weight excluding hydrogens is 296 g/mol. The Morgan fingerprint density at radius 1 is 1.40 bits per heavy atom. The summed E-state index contributed by atoms with van der Waals surface area (Å²) in [4.78, 5) is 4.32. The Morgan fingerprint density at radius 3 is 2.75 bits per heavy atom. The Labute approximate surface area is 122 Å². The summed E-state index contributed by atoms with van der Waals surface area (Å²) in [5.41, 5.74) is 3.60. The van der Waals surface area contributed by atoms with Crippen LogP contribution >= 0.6 is 11.3 Å². The summed E-state index contributed by atoms with van der Waals surface area (Å²) in [7, 11) is -2.06. The predicted octanol–water partition coefficient (Wildman–Crippen LogP) is 1.76. The van der Waals surface area contributed by atoms with Crippen molar-refractivity contribution in [1.29, 1.82) is 0 Å². The van der Waals surface area contributed by atoms with E-state index in [-0.39, 0.29) is 18.0 Å². The Kier molecular flexibility index (Phi) is 4.54. The molecule has 108 valence electrons. The summed E-state index contributed by atoms with van der Waals surface area (Å²) >= 11 is 1.43. The van der Waals surface area contributed by atoms with Gasteiger partial charge in [0.15, 0.2) is 0 Å². The van der Waals surface area contributed by atoms with Crippen molar-refractivity contribution in [2.75, 3.05) is 7.05 Å². The molecule has 0 bridgehead atoms. The molecule has 20 heavy (non-hydrogen) atoms. The van der Waals surface area contributed by atoms with Crippen LogP contribution in [0.1, 0.15) is 16.8 Å². The molecule has 0 aliphatic carbocycles. The fourth-order valence-corrected chi connectivity index (χ4v) is 3.86. The van der Waals surface area contributed by atoms with E-state index in [2.05, 4.69) is 4.98 Å². The lowest BCUT2D eigenvalue weighted by Crippen LogP contribution is -2.27. The number of hydrogen-bond acceptors (Lipinski definition) is 5. The number of nitrogens with zero attached hydrogens (tertiary/aromatic N) is 2. The van der Waals surface area contributed by atoms with Crippen molar-refractivity contribution in [2.24, 2.45) is 0 Å². The number of aliphatic hydroxyl groups excluding tert-OH is 1. The summed E-state index contributed by atoms with van der Waals surface area (Å²) in [6, 6.07) is 4.91. The quantitative estimate of drug-likeness (QED) is 0.913. The van der Waals surface area contributed by atoms with Crippen LogP contribution in [0.15, 0.2) is 34.0 Å². The van der Waals surface area contributed by atoms with Crippen molar-refractivity contribution >= 4 is 21.4 Å². The van der Waals surface area contributed by atoms with E-state index in [0.717, 1.165) is 5.69 Å². The first-order valence-electron chi connectivity index (χ1n) is 5.99. The van der Waals surface area contributed by atoms with E-state index < -0.39 is 10.0 Å². The summed E-state index contributed by atoms with van der Waals surface area (Å²) in [6.07, 6.45) is 0. The third kappa shape index (κ3) is 2.90. The molecule has 0 atom stereocenters. The second-order valence-corrected chi connectivity index (χ2v) is 7.17. The molecule has 0 radical (unpaired) electrons. The lowest BCUT2D eigenvalue weighted by atomic mass is 10.1. The van der Waals surface area contributed by atoms with Gasteiger partial charge in [0.25, 0.3) is 0 Å². The van der Waals surface area contributed by atoms with Gasteiger partial charge >= 0.3 is 0 Å². The van der Waals surface area contributed by atoms with Crippen molar-refractivity contribution in [1.82, 2.24) is 9.29 Å². The number of aliphatic hydroxyl groups is 1. The fraction of sp³-hybridized carbons (Fsp3) is 0.308. The van der Waals surface area contributed by atoms with Crippen LogP contribution in [0.3, 0.4) is 0 Å². The van der Waals surface area contributed by atoms with Gasteiger partial charge in [0.05, 0.1) is 29.3 Å². The van der Waals surface area contributed by atoms with E-state index in [1.54, 1.807) is 30.6 Å². The van der Waals surface area contributed by atoms with E-state index in [1.807, 2.05) is 5.38 Å². The minimum atomic E-state index is -3.59. The highest BCUT2D eigenvalue weighted by Crippen LogP contribution is 2.23. The molecule has 0 saturated heterocycles. The third-order valence-electron chi connectivity index (χ3n) is 3.12. The number of hydrogen-bond donors (Lipinski definition) is 1. The molecule has 0 saturated carbocycles. The Balaban J connectivity index is 2.35. The minimum Gasteiger partial charge on any atom is -0.392 e. The van der Waals surface area contributed by atoms with Crippen LogP contribution < -0.4 is 0 Å². The first-order valence-corrected chi connectivity index (χ1v) is 8.38. The van der Waals surface area contributed by atoms with Gasteiger partial charge in [0.1, 0.15) is 0 Å². The van der Waals surface area contributed by atoms with Crippen molar-refractivity contribution in [3.8, 4) is 0 Å². The van der Waals surface area contributed by atoms with Crippen LogP contribution in [0.5, 0.6) is 0 Å². The number of sulfonamides is 1. The second kappa shape index (κ2) is 6.01. The maximum absolute atomic E-state index is 12.6. The lowest BCUT2D eigenvalue weighted by Gasteiger charge is -2.18. The van der Waals surface area contributed by atoms with E-state index in [9.17, 15) is 13.5 Å². The number of aromatic nitrogens is 1. The molecule has 1 aromatic carbocycles. The molecular formula is C13H16N2O3S2. The van der Waals surface area contributed by atoms with Crippen molar-refractivity contribution in [3.63, 3.8) is 0 Å². The second-order valence-electron chi connectivity index (χ2n) is 4.44. The smallest absolute Gasteiger partial charge is 0.243 e. The lowest BCUT2D eigenvalue weighted by molar-refractivity contribution is 0.280. The van der Waals surface area contributed by atoms with Crippen LogP contribution in [0.25, 0.3) is 0 Å². The van der Waals surface area contributed by atoms with Gasteiger partial charge in [0.2, 0.25) is 10.0 Å². The Hall–Kier alpha value is -1.28. The largest absolute Gasteiger partial charge is 0.392 e. The van der Waals surface area contributed by atoms with Crippen LogP contribution in [-0.4, -0.2) is 29.9 Å². The highest BCUT2D eigenvalue weighted by molar-refractivity contribution is 7.89. The highest BCUT2D eigenvalue weighted by Gasteiger charge is 2.24. The summed E-state index contributed by atoms with van der Waals surface area (Å²) in [6.45, 7) is 1.76. The molecule has 1 heterocycles. The van der Waals surface area contributed by atoms with Crippen LogP contribution in [-0.2, 0) is 23.2 Å². The highest BCUT2D eigenvalue weighted by atomic mass is 32.2. The molecule has 2 rings (SSSR count). The zero-order valence-electron chi connectivity index (χ0n) is 11.3. The Morgan fingerprint density at radius 2 is 2.15 bits per heavy atom. The first kappa shape index (κ1) is 15.1. The summed E-state index contributed by atoms with van der Waals surface area (Å²) in [5, 5.41) is 11.1. The molecule has 2 aromatic rings. The molecule has 0 aliphatic heterocycles. The van der Waals surface area contributed by atoms with Crippen molar-refractivity contribution in [3.05, 3.63) is 45.9 Å². The SMILES string of the molecule is Cc1c(CO)cccc1S(=O)(=O)N(C)Cc1cscn1. The van der Waals surface area contributed by atoms with Gasteiger partial charge in [0, 0.05) is 12.4 Å². The van der Waals surface area contributed by atoms with Gasteiger partial charge in [-0.15, -0.1) is 11.3 Å². The molecule has 0 unspecified atom stereocenters. The van der Waals surface area contributed by atoms with Gasteiger partial charge in [-0.05, 0) is 24.1 Å². The van der Waals surface area contributed by atoms with E-state index in [1.165, 1.54) is 22.7 Å². The normalized spacial score (nSPS) is 12.0. The van der Waals surface area contributed by atoms with Gasteiger partial charge < -0.3 is 5.11 Å². The van der Waals surface area contributed by atoms with E-state index in [0.29, 0.717) is 11.1 Å². The van der Waals surface area contributed by atoms with Crippen LogP contribution in [0.2, 0.25) is 0 Å². The monoisotopic (exact) mass is 312 g/mol. The van der Waals surface area contributed by atoms with Gasteiger partial charge in [-0.3, -0.25) is 0 Å². The fourth-order valence-electron chi connectivity index (χ4n) is 1.91. The van der Waals surface area contributed by atoms with Gasteiger partial charge in [-0.25, -0.2) is 13.4 Å². The Bertz CT molecular complexity index is 682. The minimum absolute atomic E-state index is 0.176. The van der Waals surface area contributed by atoms with Crippen LogP contribution in [0, 0.1) is 6.92 Å². The van der Waals surface area contributed by atoms with Gasteiger partial charge in [-0.2, -0.15) is 4.31 Å². The molecule has 7 heteroatoms. The molecule has 1 aromatic heterocycles. The maximum atomic E-state index is 12.6. The standard InChI is InChI=1S/C13H16N2O3S2/c1-10-11(7-16)4-3-5-13(10)20(17,18)15(2)6-12-8-19-9-14-12/h3-5,8-9,16H,6-7H2,1-2H3. The molecule has 0 fully saturated rings. The average Bonchev–Trinajstić information content (AvgIpc) is 2.91. The molecule has 1 N–H and O–H groups in total. The topological polar surface area (TPSA) is 70.5 Å². The summed E-state index contributed by atoms with van der Waals surface area (Å²) < 4.78 is 26.4. The van der Waals surface area contributed by atoms with Gasteiger partial charge in [-0.1, -0.05) is 12.1 Å². The number of benzene rings is 1. The zero-order chi connectivity index (χ0) is 14.8. The molecule has 0 spiro atoms. The third-order valence-corrected chi connectivity index (χ3v) is 5.71. The van der Waals surface area contributed by atoms with Crippen molar-refractivity contribution < 1.29 is 13.5 Å². The predicted molar refractivity (Wildman–Crippen MR) is 77.9 cm³/mol. The first-order chi connectivity index (χ1) is 9.46. The van der Waals surface area contributed by atoms with E-state index in [4.69, 9.17) is 0 Å². The molecule has 0 amide bonds. The number of thiazole rings is 1. The molecule has 5 nitrogen and oxygen atoms in total. The van der Waals surface area contributed by atoms with E-state index >= 15 is 0 Å². The average molecular weight is 312 g/mol. The zero-order valence-corrected chi connectivity index (χ0v) is 12.9. The summed E-state index contributed by atoms with van der Waals surface area (Å²) in [5.74, 6) is 0. The molecule has 0 aliphatic rings. The number of rotatable bonds is 5. The van der Waals surface area contributed by atoms with Crippen LogP contribution in [0.4, 0.5) is 0 Å².